The number of carbonyl (C=O) groups excluding carboxylic acids is 1. The van der Waals surface area contributed by atoms with E-state index in [0.717, 1.165) is 16.8 Å². The van der Waals surface area contributed by atoms with Gasteiger partial charge in [0.15, 0.2) is 0 Å². The summed E-state index contributed by atoms with van der Waals surface area (Å²) in [6, 6.07) is 5.32. The molecule has 2 aromatic rings. The van der Waals surface area contributed by atoms with Gasteiger partial charge in [0.1, 0.15) is 18.2 Å². The van der Waals surface area contributed by atoms with E-state index in [4.69, 9.17) is 21.1 Å². The first-order chi connectivity index (χ1) is 10.2. The molecule has 1 unspecified atom stereocenters. The molecular formula is C15H13ClN2O3. The molecule has 1 aliphatic heterocycles. The van der Waals surface area contributed by atoms with Crippen molar-refractivity contribution in [3.05, 3.63) is 41.3 Å². The van der Waals surface area contributed by atoms with Crippen LogP contribution in [0.4, 0.5) is 0 Å². The van der Waals surface area contributed by atoms with Crippen molar-refractivity contribution in [1.29, 1.82) is 0 Å². The number of esters is 1. The highest BCUT2D eigenvalue weighted by molar-refractivity contribution is 6.31. The second kappa shape index (κ2) is 5.69. The maximum atomic E-state index is 11.7. The Bertz CT molecular complexity index is 690. The molecule has 0 radical (unpaired) electrons. The molecule has 0 fully saturated rings. The average Bonchev–Trinajstić information content (AvgIpc) is 2.48. The Morgan fingerprint density at radius 3 is 3.14 bits per heavy atom. The van der Waals surface area contributed by atoms with Crippen LogP contribution in [-0.4, -0.2) is 22.5 Å². The molecule has 0 amide bonds. The molecule has 1 aromatic heterocycles. The number of hydrogen-bond acceptors (Lipinski definition) is 5. The van der Waals surface area contributed by atoms with Gasteiger partial charge in [-0.15, -0.1) is 0 Å². The number of fused-ring (bicyclic) bond motifs is 3. The van der Waals surface area contributed by atoms with Gasteiger partial charge < -0.3 is 9.47 Å². The summed E-state index contributed by atoms with van der Waals surface area (Å²) >= 11 is 6.03. The fraction of sp³-hybridized carbons (Fsp3) is 0.267. The van der Waals surface area contributed by atoms with Gasteiger partial charge in [-0.25, -0.2) is 9.97 Å². The van der Waals surface area contributed by atoms with E-state index in [2.05, 4.69) is 9.97 Å². The van der Waals surface area contributed by atoms with E-state index >= 15 is 0 Å². The average molecular weight is 305 g/mol. The van der Waals surface area contributed by atoms with E-state index in [1.54, 1.807) is 31.3 Å². The van der Waals surface area contributed by atoms with Crippen molar-refractivity contribution < 1.29 is 14.3 Å². The Kier molecular flexibility index (Phi) is 3.75. The van der Waals surface area contributed by atoms with Gasteiger partial charge in [-0.05, 0) is 25.1 Å². The van der Waals surface area contributed by atoms with Crippen molar-refractivity contribution in [3.8, 4) is 17.0 Å². The molecule has 1 aromatic carbocycles. The Morgan fingerprint density at radius 2 is 2.33 bits per heavy atom. The molecular weight excluding hydrogens is 292 g/mol. The largest absolute Gasteiger partial charge is 0.484 e. The zero-order chi connectivity index (χ0) is 14.8. The highest BCUT2D eigenvalue weighted by Crippen LogP contribution is 2.42. The van der Waals surface area contributed by atoms with Crippen LogP contribution in [0.25, 0.3) is 11.3 Å². The number of halogens is 1. The van der Waals surface area contributed by atoms with E-state index in [9.17, 15) is 4.79 Å². The van der Waals surface area contributed by atoms with Crippen molar-refractivity contribution in [1.82, 2.24) is 9.97 Å². The normalized spacial score (nSPS) is 15.6. The van der Waals surface area contributed by atoms with Crippen LogP contribution in [-0.2, 0) is 9.53 Å². The van der Waals surface area contributed by atoms with Crippen LogP contribution in [0.15, 0.2) is 30.7 Å². The van der Waals surface area contributed by atoms with Gasteiger partial charge in [-0.2, -0.15) is 0 Å². The molecule has 2 heterocycles. The standard InChI is InChI=1S/C15H13ClN2O3/c1-2-20-14(19)6-13-11-7-17-8-18-15(11)10-5-9(16)3-4-12(10)21-13/h3-5,7-8,13H,2,6H2,1H3. The summed E-state index contributed by atoms with van der Waals surface area (Å²) < 4.78 is 10.9. The Hall–Kier alpha value is -2.14. The van der Waals surface area contributed by atoms with Gasteiger partial charge in [0.05, 0.1) is 18.7 Å². The lowest BCUT2D eigenvalue weighted by molar-refractivity contribution is -0.145. The van der Waals surface area contributed by atoms with Crippen molar-refractivity contribution in [3.63, 3.8) is 0 Å². The van der Waals surface area contributed by atoms with Gasteiger partial charge in [0.2, 0.25) is 0 Å². The van der Waals surface area contributed by atoms with Crippen LogP contribution in [0, 0.1) is 0 Å². The first-order valence-corrected chi connectivity index (χ1v) is 6.99. The zero-order valence-corrected chi connectivity index (χ0v) is 12.1. The molecule has 21 heavy (non-hydrogen) atoms. The minimum Gasteiger partial charge on any atom is -0.484 e. The topological polar surface area (TPSA) is 61.3 Å². The minimum absolute atomic E-state index is 0.121. The van der Waals surface area contributed by atoms with E-state index in [1.165, 1.54) is 6.33 Å². The molecule has 3 rings (SSSR count). The number of rotatable bonds is 3. The van der Waals surface area contributed by atoms with Crippen molar-refractivity contribution in [2.24, 2.45) is 0 Å². The number of aromatic nitrogens is 2. The maximum absolute atomic E-state index is 11.7. The SMILES string of the molecule is CCOC(=O)CC1Oc2ccc(Cl)cc2-c2ncncc21. The predicted molar refractivity (Wildman–Crippen MR) is 77.1 cm³/mol. The third kappa shape index (κ3) is 2.69. The highest BCUT2D eigenvalue weighted by atomic mass is 35.5. The smallest absolute Gasteiger partial charge is 0.309 e. The van der Waals surface area contributed by atoms with Gasteiger partial charge in [0, 0.05) is 22.3 Å². The lowest BCUT2D eigenvalue weighted by Crippen LogP contribution is -2.20. The molecule has 0 spiro atoms. The molecule has 108 valence electrons. The molecule has 5 nitrogen and oxygen atoms in total. The van der Waals surface area contributed by atoms with Crippen LogP contribution in [0.5, 0.6) is 5.75 Å². The summed E-state index contributed by atoms with van der Waals surface area (Å²) in [6.07, 6.45) is 2.80. The first kappa shape index (κ1) is 13.8. The Morgan fingerprint density at radius 1 is 1.48 bits per heavy atom. The van der Waals surface area contributed by atoms with Crippen LogP contribution in [0.1, 0.15) is 25.0 Å². The fourth-order valence-electron chi connectivity index (χ4n) is 2.33. The Labute approximate surface area is 126 Å². The molecule has 0 aliphatic carbocycles. The molecule has 0 saturated carbocycles. The molecule has 0 saturated heterocycles. The van der Waals surface area contributed by atoms with Gasteiger partial charge in [0.25, 0.3) is 0 Å². The monoisotopic (exact) mass is 304 g/mol. The maximum Gasteiger partial charge on any atom is 0.309 e. The number of carbonyl (C=O) groups is 1. The van der Waals surface area contributed by atoms with E-state index in [-0.39, 0.29) is 12.4 Å². The summed E-state index contributed by atoms with van der Waals surface area (Å²) in [4.78, 5) is 20.0. The van der Waals surface area contributed by atoms with Crippen LogP contribution < -0.4 is 4.74 Å². The van der Waals surface area contributed by atoms with Crippen LogP contribution in [0.3, 0.4) is 0 Å². The molecule has 0 N–H and O–H groups in total. The fourth-order valence-corrected chi connectivity index (χ4v) is 2.50. The van der Waals surface area contributed by atoms with E-state index in [0.29, 0.717) is 17.4 Å². The summed E-state index contributed by atoms with van der Waals surface area (Å²) in [7, 11) is 0. The zero-order valence-electron chi connectivity index (χ0n) is 11.4. The summed E-state index contributed by atoms with van der Waals surface area (Å²) in [5.41, 5.74) is 2.31. The number of ether oxygens (including phenoxy) is 2. The number of nitrogens with zero attached hydrogens (tertiary/aromatic N) is 2. The summed E-state index contributed by atoms with van der Waals surface area (Å²) in [5.74, 6) is 0.342. The molecule has 1 atom stereocenters. The second-order valence-electron chi connectivity index (χ2n) is 4.58. The van der Waals surface area contributed by atoms with Crippen molar-refractivity contribution >= 4 is 17.6 Å². The molecule has 1 aliphatic rings. The highest BCUT2D eigenvalue weighted by Gasteiger charge is 2.29. The number of hydrogen-bond donors (Lipinski definition) is 0. The van der Waals surface area contributed by atoms with Gasteiger partial charge >= 0.3 is 5.97 Å². The quantitative estimate of drug-likeness (QED) is 0.815. The van der Waals surface area contributed by atoms with E-state index < -0.39 is 6.10 Å². The first-order valence-electron chi connectivity index (χ1n) is 6.61. The summed E-state index contributed by atoms with van der Waals surface area (Å²) in [6.45, 7) is 2.11. The third-order valence-electron chi connectivity index (χ3n) is 3.21. The summed E-state index contributed by atoms with van der Waals surface area (Å²) in [5, 5.41) is 0.603. The van der Waals surface area contributed by atoms with E-state index in [1.807, 2.05) is 0 Å². The molecule has 0 bridgehead atoms. The third-order valence-corrected chi connectivity index (χ3v) is 3.45. The lowest BCUT2D eigenvalue weighted by atomic mass is 9.97. The minimum atomic E-state index is -0.450. The van der Waals surface area contributed by atoms with Crippen molar-refractivity contribution in [2.45, 2.75) is 19.4 Å². The lowest BCUT2D eigenvalue weighted by Gasteiger charge is -2.27. The van der Waals surface area contributed by atoms with Gasteiger partial charge in [-0.1, -0.05) is 11.6 Å². The second-order valence-corrected chi connectivity index (χ2v) is 5.02. The predicted octanol–water partition coefficient (Wildman–Crippen LogP) is 3.18. The molecule has 6 heteroatoms. The van der Waals surface area contributed by atoms with Gasteiger partial charge in [-0.3, -0.25) is 4.79 Å². The van der Waals surface area contributed by atoms with Crippen LogP contribution >= 0.6 is 11.6 Å². The van der Waals surface area contributed by atoms with Crippen LogP contribution in [0.2, 0.25) is 5.02 Å². The Balaban J connectivity index is 2.00. The number of benzene rings is 1. The van der Waals surface area contributed by atoms with Crippen molar-refractivity contribution in [2.75, 3.05) is 6.61 Å².